The molecule has 2 aliphatic heterocycles. The Kier molecular flexibility index (Phi) is 6.59. The van der Waals surface area contributed by atoms with Crippen molar-refractivity contribution in [3.05, 3.63) is 59.7 Å². The van der Waals surface area contributed by atoms with E-state index in [-0.39, 0.29) is 22.7 Å². The second kappa shape index (κ2) is 9.24. The van der Waals surface area contributed by atoms with Crippen molar-refractivity contribution in [2.45, 2.75) is 50.4 Å². The highest BCUT2D eigenvalue weighted by Gasteiger charge is 2.48. The van der Waals surface area contributed by atoms with Crippen molar-refractivity contribution in [2.24, 2.45) is 11.8 Å². The summed E-state index contributed by atoms with van der Waals surface area (Å²) < 4.78 is 0. The van der Waals surface area contributed by atoms with Gasteiger partial charge in [0.15, 0.2) is 0 Å². The first-order valence-electron chi connectivity index (χ1n) is 12.1. The zero-order valence-corrected chi connectivity index (χ0v) is 19.5. The average Bonchev–Trinajstić information content (AvgIpc) is 2.84. The van der Waals surface area contributed by atoms with Crippen LogP contribution in [0.4, 0.5) is 11.4 Å². The highest BCUT2D eigenvalue weighted by Crippen LogP contribution is 2.47. The molecule has 0 saturated carbocycles. The number of rotatable bonds is 6. The normalized spacial score (nSPS) is 22.1. The van der Waals surface area contributed by atoms with Gasteiger partial charge in [0.1, 0.15) is 5.78 Å². The molecule has 6 N–H and O–H groups in total. The predicted molar refractivity (Wildman–Crippen MR) is 133 cm³/mol. The van der Waals surface area contributed by atoms with Crippen LogP contribution >= 0.6 is 0 Å². The molecule has 2 aromatic carbocycles. The van der Waals surface area contributed by atoms with E-state index in [9.17, 15) is 4.79 Å². The van der Waals surface area contributed by atoms with E-state index in [1.165, 1.54) is 11.1 Å². The Morgan fingerprint density at radius 3 is 1.31 bits per heavy atom. The number of nitrogen functional groups attached to an aromatic ring is 2. The summed E-state index contributed by atoms with van der Waals surface area (Å²) in [5.74, 6) is 0.245. The number of benzene rings is 2. The Morgan fingerprint density at radius 1 is 0.688 bits per heavy atom. The number of hydrogen-bond donors (Lipinski definition) is 4. The second-order valence-electron chi connectivity index (χ2n) is 9.90. The van der Waals surface area contributed by atoms with Crippen LogP contribution in [0.2, 0.25) is 0 Å². The van der Waals surface area contributed by atoms with E-state index in [4.69, 9.17) is 11.5 Å². The van der Waals surface area contributed by atoms with Gasteiger partial charge >= 0.3 is 0 Å². The molecule has 4 rings (SSSR count). The first-order chi connectivity index (χ1) is 15.4. The largest absolute Gasteiger partial charge is 0.399 e. The van der Waals surface area contributed by atoms with Crippen molar-refractivity contribution >= 4 is 17.2 Å². The maximum absolute atomic E-state index is 14.2. The monoisotopic (exact) mass is 434 g/mol. The quantitative estimate of drug-likeness (QED) is 0.521. The summed E-state index contributed by atoms with van der Waals surface area (Å²) in [6.07, 6.45) is 3.86. The van der Waals surface area contributed by atoms with Crippen molar-refractivity contribution in [2.75, 3.05) is 37.6 Å². The molecule has 0 aromatic heterocycles. The first-order valence-corrected chi connectivity index (χ1v) is 12.1. The molecule has 32 heavy (non-hydrogen) atoms. The first kappa shape index (κ1) is 22.8. The number of ketones is 1. The summed E-state index contributed by atoms with van der Waals surface area (Å²) in [4.78, 5) is 14.2. The summed E-state index contributed by atoms with van der Waals surface area (Å²) >= 11 is 0. The maximum Gasteiger partial charge on any atom is 0.140 e. The minimum atomic E-state index is -0.153. The van der Waals surface area contributed by atoms with Gasteiger partial charge in [-0.25, -0.2) is 0 Å². The molecule has 5 heteroatoms. The number of carbonyl (C=O) groups excluding carboxylic acids is 1. The number of piperidine rings is 2. The fourth-order valence-electron chi connectivity index (χ4n) is 6.24. The van der Waals surface area contributed by atoms with Gasteiger partial charge in [-0.2, -0.15) is 0 Å². The SMILES string of the molecule is CC(C(=O)C(C)C1(c2ccc(N)cc2)CCNCC1)C1(c2ccc(N)cc2)CCNCC1. The van der Waals surface area contributed by atoms with Gasteiger partial charge in [-0.15, -0.1) is 0 Å². The molecule has 2 fully saturated rings. The van der Waals surface area contributed by atoms with Gasteiger partial charge in [-0.1, -0.05) is 38.1 Å². The number of carbonyl (C=O) groups is 1. The number of nitrogens with two attached hydrogens (primary N) is 2. The lowest BCUT2D eigenvalue weighted by Gasteiger charge is -2.47. The van der Waals surface area contributed by atoms with Crippen LogP contribution in [0.5, 0.6) is 0 Å². The topological polar surface area (TPSA) is 93.2 Å². The third-order valence-corrected chi connectivity index (χ3v) is 8.47. The molecule has 2 unspecified atom stereocenters. The third kappa shape index (κ3) is 4.04. The van der Waals surface area contributed by atoms with Gasteiger partial charge in [-0.05, 0) is 87.3 Å². The molecular weight excluding hydrogens is 396 g/mol. The van der Waals surface area contributed by atoms with Gasteiger partial charge in [-0.3, -0.25) is 4.79 Å². The van der Waals surface area contributed by atoms with Crippen LogP contribution in [-0.4, -0.2) is 32.0 Å². The second-order valence-corrected chi connectivity index (χ2v) is 9.90. The van der Waals surface area contributed by atoms with Crippen molar-refractivity contribution in [3.8, 4) is 0 Å². The van der Waals surface area contributed by atoms with Gasteiger partial charge in [0.05, 0.1) is 0 Å². The Hall–Kier alpha value is -2.37. The van der Waals surface area contributed by atoms with Crippen LogP contribution in [0.3, 0.4) is 0 Å². The molecular formula is C27H38N4O. The molecule has 5 nitrogen and oxygen atoms in total. The van der Waals surface area contributed by atoms with E-state index in [1.807, 2.05) is 24.3 Å². The Morgan fingerprint density at radius 2 is 1.00 bits per heavy atom. The summed E-state index contributed by atoms with van der Waals surface area (Å²) in [6, 6.07) is 16.4. The predicted octanol–water partition coefficient (Wildman–Crippen LogP) is 3.63. The van der Waals surface area contributed by atoms with Gasteiger partial charge in [0, 0.05) is 34.0 Å². The molecule has 0 aliphatic carbocycles. The molecule has 2 aromatic rings. The maximum atomic E-state index is 14.2. The summed E-state index contributed by atoms with van der Waals surface area (Å²) in [6.45, 7) is 8.07. The van der Waals surface area contributed by atoms with Crippen LogP contribution in [0, 0.1) is 11.8 Å². The highest BCUT2D eigenvalue weighted by molar-refractivity contribution is 5.86. The zero-order chi connectivity index (χ0) is 22.8. The minimum Gasteiger partial charge on any atom is -0.399 e. The fourth-order valence-corrected chi connectivity index (χ4v) is 6.24. The molecule has 172 valence electrons. The molecule has 2 atom stereocenters. The molecule has 2 saturated heterocycles. The lowest BCUT2D eigenvalue weighted by Crippen LogP contribution is -2.52. The molecule has 0 spiro atoms. The Bertz CT molecular complexity index is 834. The smallest absolute Gasteiger partial charge is 0.140 e. The van der Waals surface area contributed by atoms with Crippen LogP contribution < -0.4 is 22.1 Å². The number of anilines is 2. The van der Waals surface area contributed by atoms with E-state index in [1.54, 1.807) is 0 Å². The van der Waals surface area contributed by atoms with Gasteiger partial charge in [0.25, 0.3) is 0 Å². The third-order valence-electron chi connectivity index (χ3n) is 8.47. The lowest BCUT2D eigenvalue weighted by atomic mass is 9.57. The van der Waals surface area contributed by atoms with Crippen molar-refractivity contribution in [3.63, 3.8) is 0 Å². The van der Waals surface area contributed by atoms with Crippen LogP contribution in [0.25, 0.3) is 0 Å². The molecule has 2 aliphatic rings. The van der Waals surface area contributed by atoms with Crippen LogP contribution in [0.15, 0.2) is 48.5 Å². The van der Waals surface area contributed by atoms with Gasteiger partial charge in [0.2, 0.25) is 0 Å². The highest BCUT2D eigenvalue weighted by atomic mass is 16.1. The van der Waals surface area contributed by atoms with E-state index < -0.39 is 0 Å². The summed E-state index contributed by atoms with van der Waals surface area (Å²) in [5.41, 5.74) is 15.7. The zero-order valence-electron chi connectivity index (χ0n) is 19.5. The summed E-state index contributed by atoms with van der Waals surface area (Å²) in [5, 5.41) is 6.98. The standard InChI is InChI=1S/C27H38N4O/c1-19(26(11-15-30-16-12-26)21-3-7-23(28)8-4-21)25(32)20(2)27(13-17-31-18-14-27)22-5-9-24(29)10-6-22/h3-10,19-20,30-31H,11-18,28-29H2,1-2H3. The van der Waals surface area contributed by atoms with E-state index in [2.05, 4.69) is 48.7 Å². The van der Waals surface area contributed by atoms with E-state index in [0.29, 0.717) is 5.78 Å². The molecule has 0 radical (unpaired) electrons. The van der Waals surface area contributed by atoms with Crippen LogP contribution in [-0.2, 0) is 15.6 Å². The molecule has 0 amide bonds. The number of Topliss-reactive ketones (excluding diaryl/α,β-unsaturated/α-hetero) is 1. The Labute approximate surface area is 192 Å². The Balaban J connectivity index is 1.69. The van der Waals surface area contributed by atoms with E-state index in [0.717, 1.165) is 63.2 Å². The fraction of sp³-hybridized carbons (Fsp3) is 0.519. The number of hydrogen-bond acceptors (Lipinski definition) is 5. The van der Waals surface area contributed by atoms with Gasteiger partial charge < -0.3 is 22.1 Å². The van der Waals surface area contributed by atoms with Crippen molar-refractivity contribution < 1.29 is 4.79 Å². The minimum absolute atomic E-state index is 0.0660. The number of nitrogens with one attached hydrogen (secondary N) is 2. The lowest BCUT2D eigenvalue weighted by molar-refractivity contribution is -0.131. The summed E-state index contributed by atoms with van der Waals surface area (Å²) in [7, 11) is 0. The van der Waals surface area contributed by atoms with Crippen molar-refractivity contribution in [1.82, 2.24) is 10.6 Å². The average molecular weight is 435 g/mol. The molecule has 0 bridgehead atoms. The molecule has 2 heterocycles. The van der Waals surface area contributed by atoms with Crippen molar-refractivity contribution in [1.29, 1.82) is 0 Å². The van der Waals surface area contributed by atoms with Crippen LogP contribution in [0.1, 0.15) is 50.7 Å². The van der Waals surface area contributed by atoms with E-state index >= 15 is 0 Å².